The number of ether oxygens (including phenoxy) is 3. The second kappa shape index (κ2) is 9.06. The Morgan fingerprint density at radius 3 is 2.32 bits per heavy atom. The number of aromatic nitrogens is 3. The first-order valence-corrected chi connectivity index (χ1v) is 10.00. The monoisotopic (exact) mass is 418 g/mol. The van der Waals surface area contributed by atoms with E-state index in [0.29, 0.717) is 13.2 Å². The smallest absolute Gasteiger partial charge is 0.124 e. The Hall–Kier alpha value is -3.58. The fourth-order valence-electron chi connectivity index (χ4n) is 3.50. The number of methoxy groups -OCH3 is 3. The summed E-state index contributed by atoms with van der Waals surface area (Å²) in [5.41, 5.74) is 5.49. The summed E-state index contributed by atoms with van der Waals surface area (Å²) in [6, 6.07) is 13.9. The first kappa shape index (κ1) is 20.7. The van der Waals surface area contributed by atoms with Crippen LogP contribution in [0.5, 0.6) is 11.5 Å². The highest BCUT2D eigenvalue weighted by Crippen LogP contribution is 2.34. The quantitative estimate of drug-likeness (QED) is 0.422. The molecule has 0 amide bonds. The highest BCUT2D eigenvalue weighted by Gasteiger charge is 2.14. The zero-order valence-electron chi connectivity index (χ0n) is 18.2. The van der Waals surface area contributed by atoms with Gasteiger partial charge in [0.05, 0.1) is 43.8 Å². The zero-order chi connectivity index (χ0) is 21.8. The Morgan fingerprint density at radius 2 is 1.68 bits per heavy atom. The molecule has 0 fully saturated rings. The molecule has 7 heteroatoms. The molecule has 0 aliphatic carbocycles. The molecule has 2 aromatic carbocycles. The summed E-state index contributed by atoms with van der Waals surface area (Å²) >= 11 is 0. The van der Waals surface area contributed by atoms with Crippen molar-refractivity contribution in [2.24, 2.45) is 7.05 Å². The Bertz CT molecular complexity index is 1170. The first-order valence-electron chi connectivity index (χ1n) is 10.00. The van der Waals surface area contributed by atoms with Crippen molar-refractivity contribution in [1.82, 2.24) is 14.5 Å². The normalized spacial score (nSPS) is 11.0. The van der Waals surface area contributed by atoms with E-state index in [-0.39, 0.29) is 0 Å². The highest BCUT2D eigenvalue weighted by molar-refractivity contribution is 5.82. The minimum atomic E-state index is 0.563. The standard InChI is InChI=1S/C24H26N4O3/c1-27-8-7-17(16-27)24-15-25-22-6-5-18(13-23(22)26-24)28(9-10-29-2)19-11-20(30-3)14-21(12-19)31-4/h5-8,11-16H,9-10H2,1-4H3. The van der Waals surface area contributed by atoms with E-state index in [1.54, 1.807) is 21.3 Å². The third kappa shape index (κ3) is 4.46. The Balaban J connectivity index is 1.78. The second-order valence-corrected chi connectivity index (χ2v) is 7.21. The molecule has 7 nitrogen and oxygen atoms in total. The first-order chi connectivity index (χ1) is 15.1. The van der Waals surface area contributed by atoms with Gasteiger partial charge >= 0.3 is 0 Å². The van der Waals surface area contributed by atoms with Gasteiger partial charge in [0.2, 0.25) is 0 Å². The van der Waals surface area contributed by atoms with Crippen molar-refractivity contribution < 1.29 is 14.2 Å². The number of rotatable bonds is 8. The fourth-order valence-corrected chi connectivity index (χ4v) is 3.50. The van der Waals surface area contributed by atoms with Gasteiger partial charge in [-0.1, -0.05) is 0 Å². The predicted octanol–water partition coefficient (Wildman–Crippen LogP) is 4.44. The number of anilines is 2. The van der Waals surface area contributed by atoms with Crippen molar-refractivity contribution >= 4 is 22.4 Å². The summed E-state index contributed by atoms with van der Waals surface area (Å²) in [4.78, 5) is 11.6. The molecule has 4 rings (SSSR count). The number of nitrogens with zero attached hydrogens (tertiary/aromatic N) is 4. The molecule has 0 bridgehead atoms. The Morgan fingerprint density at radius 1 is 0.903 bits per heavy atom. The predicted molar refractivity (Wildman–Crippen MR) is 122 cm³/mol. The summed E-state index contributed by atoms with van der Waals surface area (Å²) in [7, 11) is 6.98. The van der Waals surface area contributed by atoms with Gasteiger partial charge in [0.15, 0.2) is 0 Å². The average molecular weight is 418 g/mol. The van der Waals surface area contributed by atoms with E-state index in [0.717, 1.165) is 45.2 Å². The maximum atomic E-state index is 5.46. The molecule has 31 heavy (non-hydrogen) atoms. The summed E-state index contributed by atoms with van der Waals surface area (Å²) in [5.74, 6) is 1.45. The van der Waals surface area contributed by atoms with Crippen LogP contribution in [0.1, 0.15) is 0 Å². The largest absolute Gasteiger partial charge is 0.497 e. The van der Waals surface area contributed by atoms with Gasteiger partial charge in [-0.2, -0.15) is 0 Å². The zero-order valence-corrected chi connectivity index (χ0v) is 18.2. The van der Waals surface area contributed by atoms with E-state index in [2.05, 4.69) is 16.0 Å². The van der Waals surface area contributed by atoms with Gasteiger partial charge in [-0.15, -0.1) is 0 Å². The molecule has 0 saturated carbocycles. The fraction of sp³-hybridized carbons (Fsp3) is 0.250. The molecule has 0 saturated heterocycles. The SMILES string of the molecule is COCCN(c1cc(OC)cc(OC)c1)c1ccc2ncc(-c3ccn(C)c3)nc2c1. The molecule has 0 unspecified atom stereocenters. The number of fused-ring (bicyclic) bond motifs is 1. The third-order valence-corrected chi connectivity index (χ3v) is 5.13. The third-order valence-electron chi connectivity index (χ3n) is 5.13. The molecule has 4 aromatic rings. The number of hydrogen-bond acceptors (Lipinski definition) is 6. The van der Waals surface area contributed by atoms with Crippen LogP contribution in [-0.2, 0) is 11.8 Å². The molecule has 0 aliphatic rings. The van der Waals surface area contributed by atoms with Gasteiger partial charge < -0.3 is 23.7 Å². The maximum absolute atomic E-state index is 5.46. The van der Waals surface area contributed by atoms with Crippen molar-refractivity contribution in [3.05, 3.63) is 61.1 Å². The summed E-state index contributed by atoms with van der Waals surface area (Å²) in [5, 5.41) is 0. The van der Waals surface area contributed by atoms with Crippen molar-refractivity contribution in [3.8, 4) is 22.8 Å². The minimum Gasteiger partial charge on any atom is -0.497 e. The number of aryl methyl sites for hydroxylation is 1. The molecule has 0 aliphatic heterocycles. The molecule has 0 radical (unpaired) electrons. The number of hydrogen-bond donors (Lipinski definition) is 0. The van der Waals surface area contributed by atoms with Gasteiger partial charge in [0.1, 0.15) is 11.5 Å². The van der Waals surface area contributed by atoms with Gasteiger partial charge in [-0.05, 0) is 24.3 Å². The minimum absolute atomic E-state index is 0.563. The summed E-state index contributed by atoms with van der Waals surface area (Å²) < 4.78 is 18.3. The van der Waals surface area contributed by atoms with Crippen molar-refractivity contribution in [3.63, 3.8) is 0 Å². The summed E-state index contributed by atoms with van der Waals surface area (Å²) in [6.07, 6.45) is 5.85. The van der Waals surface area contributed by atoms with E-state index >= 15 is 0 Å². The van der Waals surface area contributed by atoms with E-state index in [4.69, 9.17) is 19.2 Å². The van der Waals surface area contributed by atoms with Crippen LogP contribution in [0.4, 0.5) is 11.4 Å². The van der Waals surface area contributed by atoms with E-state index in [1.807, 2.05) is 66.6 Å². The lowest BCUT2D eigenvalue weighted by Crippen LogP contribution is -2.22. The van der Waals surface area contributed by atoms with E-state index in [1.165, 1.54) is 0 Å². The molecular formula is C24H26N4O3. The maximum Gasteiger partial charge on any atom is 0.124 e. The van der Waals surface area contributed by atoms with Crippen molar-refractivity contribution in [2.75, 3.05) is 39.4 Å². The average Bonchev–Trinajstić information content (AvgIpc) is 3.24. The second-order valence-electron chi connectivity index (χ2n) is 7.21. The molecule has 0 atom stereocenters. The lowest BCUT2D eigenvalue weighted by Gasteiger charge is -2.26. The van der Waals surface area contributed by atoms with Crippen LogP contribution in [0.25, 0.3) is 22.3 Å². The van der Waals surface area contributed by atoms with E-state index in [9.17, 15) is 0 Å². The van der Waals surface area contributed by atoms with Crippen molar-refractivity contribution in [2.45, 2.75) is 0 Å². The van der Waals surface area contributed by atoms with Crippen LogP contribution >= 0.6 is 0 Å². The van der Waals surface area contributed by atoms with Gasteiger partial charge in [0.25, 0.3) is 0 Å². The molecular weight excluding hydrogens is 392 g/mol. The van der Waals surface area contributed by atoms with Crippen LogP contribution in [0.2, 0.25) is 0 Å². The molecule has 2 aromatic heterocycles. The van der Waals surface area contributed by atoms with Gasteiger partial charge in [-0.25, -0.2) is 4.98 Å². The Kier molecular flexibility index (Phi) is 6.04. The summed E-state index contributed by atoms with van der Waals surface area (Å²) in [6.45, 7) is 1.22. The Labute approximate surface area is 181 Å². The molecule has 0 N–H and O–H groups in total. The molecule has 2 heterocycles. The lowest BCUT2D eigenvalue weighted by molar-refractivity contribution is 0.207. The highest BCUT2D eigenvalue weighted by atomic mass is 16.5. The number of benzene rings is 2. The van der Waals surface area contributed by atoms with Gasteiger partial charge in [-0.3, -0.25) is 4.98 Å². The topological polar surface area (TPSA) is 61.6 Å². The molecule has 160 valence electrons. The van der Waals surface area contributed by atoms with Crippen LogP contribution in [0.3, 0.4) is 0 Å². The van der Waals surface area contributed by atoms with E-state index < -0.39 is 0 Å². The lowest BCUT2D eigenvalue weighted by atomic mass is 10.2. The van der Waals surface area contributed by atoms with Crippen LogP contribution < -0.4 is 14.4 Å². The van der Waals surface area contributed by atoms with Crippen LogP contribution in [0.15, 0.2) is 61.1 Å². The van der Waals surface area contributed by atoms with Crippen molar-refractivity contribution in [1.29, 1.82) is 0 Å². The van der Waals surface area contributed by atoms with Crippen LogP contribution in [0, 0.1) is 0 Å². The molecule has 0 spiro atoms. The van der Waals surface area contributed by atoms with Crippen LogP contribution in [-0.4, -0.2) is 49.0 Å². The van der Waals surface area contributed by atoms with Gasteiger partial charge in [0, 0.05) is 68.2 Å².